The van der Waals surface area contributed by atoms with E-state index in [1.165, 1.54) is 7.11 Å². The Morgan fingerprint density at radius 2 is 2.03 bits per heavy atom. The van der Waals surface area contributed by atoms with Crippen LogP contribution >= 0.6 is 0 Å². The van der Waals surface area contributed by atoms with E-state index >= 15 is 0 Å². The molecule has 1 saturated heterocycles. The summed E-state index contributed by atoms with van der Waals surface area (Å²) in [6.45, 7) is 2.59. The Kier molecular flexibility index (Phi) is 7.76. The Labute approximate surface area is 205 Å². The molecule has 1 aromatic heterocycles. The maximum atomic E-state index is 12.1. The predicted octanol–water partition coefficient (Wildman–Crippen LogP) is 2.79. The fraction of sp³-hybridized carbons (Fsp3) is 0.519. The molecule has 35 heavy (non-hydrogen) atoms. The summed E-state index contributed by atoms with van der Waals surface area (Å²) in [5, 5.41) is 13.7. The number of carbonyl (C=O) groups excluding carboxylic acids is 2. The summed E-state index contributed by atoms with van der Waals surface area (Å²) in [5.74, 6) is 7.63. The van der Waals surface area contributed by atoms with Gasteiger partial charge in [0.25, 0.3) is 5.91 Å². The highest BCUT2D eigenvalue weighted by Crippen LogP contribution is 2.34. The van der Waals surface area contributed by atoms with Gasteiger partial charge >= 0.3 is 0 Å². The van der Waals surface area contributed by atoms with Crippen molar-refractivity contribution in [1.82, 2.24) is 10.3 Å². The van der Waals surface area contributed by atoms with Gasteiger partial charge in [0, 0.05) is 35.9 Å². The van der Waals surface area contributed by atoms with Crippen LogP contribution in [0.3, 0.4) is 0 Å². The van der Waals surface area contributed by atoms with Crippen LogP contribution in [0.5, 0.6) is 11.6 Å². The maximum absolute atomic E-state index is 12.1. The lowest BCUT2D eigenvalue weighted by molar-refractivity contribution is -0.119. The molecule has 4 N–H and O–H groups in total. The van der Waals surface area contributed by atoms with Gasteiger partial charge in [0.05, 0.1) is 24.3 Å². The smallest absolute Gasteiger partial charge is 0.252 e. The Morgan fingerprint density at radius 3 is 2.69 bits per heavy atom. The van der Waals surface area contributed by atoms with Gasteiger partial charge in [-0.15, -0.1) is 0 Å². The highest BCUT2D eigenvalue weighted by atomic mass is 16.5. The molecule has 2 amide bonds. The normalized spacial score (nSPS) is 23.9. The molecule has 8 nitrogen and oxygen atoms in total. The van der Waals surface area contributed by atoms with E-state index in [1.807, 2.05) is 0 Å². The van der Waals surface area contributed by atoms with Crippen molar-refractivity contribution in [3.8, 4) is 23.5 Å². The third kappa shape index (κ3) is 5.51. The number of benzene rings is 1. The second-order valence-electron chi connectivity index (χ2n) is 9.47. The molecule has 1 unspecified atom stereocenters. The minimum atomic E-state index is -0.594. The Hall–Kier alpha value is -3.31. The van der Waals surface area contributed by atoms with E-state index in [0.717, 1.165) is 32.1 Å². The molecule has 4 rings (SSSR count). The lowest BCUT2D eigenvalue weighted by Gasteiger charge is -2.23. The molecule has 2 aromatic rings. The van der Waals surface area contributed by atoms with Crippen molar-refractivity contribution >= 4 is 22.6 Å². The number of aromatic nitrogens is 1. The van der Waals surface area contributed by atoms with Gasteiger partial charge in [0.15, 0.2) is 0 Å². The van der Waals surface area contributed by atoms with Crippen LogP contribution in [0, 0.1) is 29.6 Å². The number of ether oxygens (including phenoxy) is 2. The molecule has 186 valence electrons. The minimum Gasteiger partial charge on any atom is -0.496 e. The number of fused-ring (bicyclic) bond motifs is 1. The van der Waals surface area contributed by atoms with Crippen molar-refractivity contribution in [2.45, 2.75) is 51.5 Å². The number of primary amides is 1. The van der Waals surface area contributed by atoms with E-state index in [0.29, 0.717) is 46.9 Å². The highest BCUT2D eigenvalue weighted by Gasteiger charge is 2.31. The third-order valence-corrected chi connectivity index (χ3v) is 7.24. The zero-order chi connectivity index (χ0) is 24.9. The van der Waals surface area contributed by atoms with E-state index in [-0.39, 0.29) is 36.0 Å². The summed E-state index contributed by atoms with van der Waals surface area (Å²) in [6, 6.07) is 3.31. The summed E-state index contributed by atoms with van der Waals surface area (Å²) in [4.78, 5) is 28.5. The summed E-state index contributed by atoms with van der Waals surface area (Å²) in [7, 11) is 1.48. The fourth-order valence-corrected chi connectivity index (χ4v) is 5.03. The van der Waals surface area contributed by atoms with E-state index in [2.05, 4.69) is 29.1 Å². The Balaban J connectivity index is 1.67. The lowest BCUT2D eigenvalue weighted by atomic mass is 9.82. The van der Waals surface area contributed by atoms with Crippen molar-refractivity contribution in [3.05, 3.63) is 29.5 Å². The van der Waals surface area contributed by atoms with Gasteiger partial charge in [-0.3, -0.25) is 9.59 Å². The molecule has 2 aliphatic rings. The van der Waals surface area contributed by atoms with Crippen molar-refractivity contribution in [3.63, 3.8) is 0 Å². The maximum Gasteiger partial charge on any atom is 0.252 e. The van der Waals surface area contributed by atoms with Crippen LogP contribution in [0.1, 0.15) is 61.4 Å². The number of aliphatic hydroxyl groups excluding tert-OH is 1. The first-order valence-electron chi connectivity index (χ1n) is 12.3. The molecule has 1 aromatic carbocycles. The number of carbonyl (C=O) groups is 2. The molecule has 1 aliphatic heterocycles. The monoisotopic (exact) mass is 479 g/mol. The topological polar surface area (TPSA) is 124 Å². The molecule has 1 saturated carbocycles. The van der Waals surface area contributed by atoms with Crippen molar-refractivity contribution < 1.29 is 24.2 Å². The number of amides is 2. The molecule has 8 heteroatoms. The van der Waals surface area contributed by atoms with Crippen molar-refractivity contribution in [2.24, 2.45) is 23.5 Å². The van der Waals surface area contributed by atoms with Crippen LogP contribution in [-0.2, 0) is 4.79 Å². The molecule has 2 fully saturated rings. The van der Waals surface area contributed by atoms with Crippen LogP contribution in [0.15, 0.2) is 18.3 Å². The van der Waals surface area contributed by atoms with E-state index in [4.69, 9.17) is 15.2 Å². The molecule has 0 spiro atoms. The number of nitrogens with zero attached hydrogens (tertiary/aromatic N) is 1. The Bertz CT molecular complexity index is 1160. The number of nitrogens with one attached hydrogen (secondary N) is 1. The van der Waals surface area contributed by atoms with E-state index < -0.39 is 5.91 Å². The van der Waals surface area contributed by atoms with Crippen LogP contribution in [0.4, 0.5) is 0 Å². The highest BCUT2D eigenvalue weighted by molar-refractivity contribution is 6.03. The molecular formula is C27H33N3O5. The van der Waals surface area contributed by atoms with Gasteiger partial charge in [-0.05, 0) is 49.7 Å². The number of nitrogens with two attached hydrogens (primary N) is 1. The molecule has 1 aliphatic carbocycles. The second kappa shape index (κ2) is 11.0. The number of hydrogen-bond acceptors (Lipinski definition) is 6. The first-order chi connectivity index (χ1) is 16.9. The van der Waals surface area contributed by atoms with Gasteiger partial charge in [-0.25, -0.2) is 4.98 Å². The lowest BCUT2D eigenvalue weighted by Crippen LogP contribution is -2.34. The molecular weight excluding hydrogens is 446 g/mol. The third-order valence-electron chi connectivity index (χ3n) is 7.24. The summed E-state index contributed by atoms with van der Waals surface area (Å²) >= 11 is 0. The molecule has 2 heterocycles. The first-order valence-corrected chi connectivity index (χ1v) is 12.3. The van der Waals surface area contributed by atoms with Gasteiger partial charge in [0.1, 0.15) is 12.4 Å². The number of aliphatic hydroxyl groups is 1. The van der Waals surface area contributed by atoms with Crippen molar-refractivity contribution in [2.75, 3.05) is 20.3 Å². The molecule has 2 atom stereocenters. The SMILES string of the molecule is CCC1CC(=O)N[C@@H]1COc1ncc(C#C[C@H]2CC[C@@H](CO)CC2)c2cc(C(N)=O)c(OC)cc12. The van der Waals surface area contributed by atoms with E-state index in [1.54, 1.807) is 18.3 Å². The second-order valence-corrected chi connectivity index (χ2v) is 9.47. The Morgan fingerprint density at radius 1 is 1.26 bits per heavy atom. The molecule has 0 radical (unpaired) electrons. The predicted molar refractivity (Wildman–Crippen MR) is 132 cm³/mol. The van der Waals surface area contributed by atoms with Crippen LogP contribution < -0.4 is 20.5 Å². The first kappa shape index (κ1) is 24.8. The average molecular weight is 480 g/mol. The number of methoxy groups -OCH3 is 1. The summed E-state index contributed by atoms with van der Waals surface area (Å²) in [6.07, 6.45) is 6.90. The van der Waals surface area contributed by atoms with E-state index in [9.17, 15) is 14.7 Å². The number of hydrogen-bond donors (Lipinski definition) is 3. The number of pyridine rings is 1. The quantitative estimate of drug-likeness (QED) is 0.525. The largest absolute Gasteiger partial charge is 0.496 e. The van der Waals surface area contributed by atoms with Crippen molar-refractivity contribution in [1.29, 1.82) is 0 Å². The zero-order valence-electron chi connectivity index (χ0n) is 20.3. The van der Waals surface area contributed by atoms with Gasteiger partial charge in [0.2, 0.25) is 11.8 Å². The average Bonchev–Trinajstić information content (AvgIpc) is 3.25. The van der Waals surface area contributed by atoms with Crippen LogP contribution in [-0.4, -0.2) is 48.3 Å². The standard InChI is InChI=1S/C27H33N3O5/c1-3-18-10-25(32)30-23(18)15-35-27-21-12-24(34-2)22(26(28)33)11-20(21)19(13-29-27)9-8-16-4-6-17(14-31)7-5-16/h11-13,16-18,23,31H,3-7,10,14-15H2,1-2H3,(H2,28,33)(H,30,32)/t16-,17+,18?,23-/m1/s1. The minimum absolute atomic E-state index is 0.0367. The van der Waals surface area contributed by atoms with Gasteiger partial charge in [-0.2, -0.15) is 0 Å². The van der Waals surface area contributed by atoms with Gasteiger partial charge < -0.3 is 25.6 Å². The summed E-state index contributed by atoms with van der Waals surface area (Å²) in [5.41, 5.74) is 6.55. The zero-order valence-corrected chi connectivity index (χ0v) is 20.3. The number of rotatable bonds is 7. The fourth-order valence-electron chi connectivity index (χ4n) is 5.03. The summed E-state index contributed by atoms with van der Waals surface area (Å²) < 4.78 is 11.5. The van der Waals surface area contributed by atoms with Crippen LogP contribution in [0.2, 0.25) is 0 Å². The van der Waals surface area contributed by atoms with Gasteiger partial charge in [-0.1, -0.05) is 25.2 Å². The molecule has 0 bridgehead atoms. The van der Waals surface area contributed by atoms with Crippen LogP contribution in [0.25, 0.3) is 10.8 Å².